The van der Waals surface area contributed by atoms with Gasteiger partial charge in [-0.3, -0.25) is 0 Å². The van der Waals surface area contributed by atoms with Crippen molar-refractivity contribution in [3.63, 3.8) is 0 Å². The first-order valence-electron chi connectivity index (χ1n) is 5.85. The minimum atomic E-state index is -0.926. The molecular weight excluding hydrogens is 236 g/mol. The number of rotatable bonds is 1. The SMILES string of the molecule is O=C(O)C1=CCN2C=CSC3(CCCC3)C2=N1. The van der Waals surface area contributed by atoms with Gasteiger partial charge in [-0.05, 0) is 24.3 Å². The molecule has 0 atom stereocenters. The number of hydrogen-bond acceptors (Lipinski definition) is 4. The van der Waals surface area contributed by atoms with Crippen molar-refractivity contribution in [2.24, 2.45) is 4.99 Å². The van der Waals surface area contributed by atoms with Crippen molar-refractivity contribution in [3.8, 4) is 0 Å². The number of aliphatic imine (C=N–C) groups is 1. The van der Waals surface area contributed by atoms with Crippen molar-refractivity contribution < 1.29 is 9.90 Å². The Morgan fingerprint density at radius 1 is 1.47 bits per heavy atom. The van der Waals surface area contributed by atoms with Crippen LogP contribution in [0.1, 0.15) is 25.7 Å². The number of fused-ring (bicyclic) bond motifs is 2. The third kappa shape index (κ3) is 1.69. The molecule has 5 heteroatoms. The molecule has 3 rings (SSSR count). The molecule has 2 aliphatic heterocycles. The van der Waals surface area contributed by atoms with Gasteiger partial charge in [0.25, 0.3) is 0 Å². The molecule has 90 valence electrons. The molecule has 0 aromatic heterocycles. The van der Waals surface area contributed by atoms with Crippen molar-refractivity contribution in [2.75, 3.05) is 6.54 Å². The topological polar surface area (TPSA) is 52.9 Å². The number of carbonyl (C=O) groups is 1. The summed E-state index contributed by atoms with van der Waals surface area (Å²) in [6.07, 6.45) is 8.30. The number of hydrogen-bond donors (Lipinski definition) is 1. The van der Waals surface area contributed by atoms with E-state index in [1.165, 1.54) is 12.8 Å². The Bertz CT molecular complexity index is 447. The molecule has 0 unspecified atom stereocenters. The van der Waals surface area contributed by atoms with Crippen LogP contribution >= 0.6 is 11.8 Å². The molecule has 1 spiro atoms. The maximum atomic E-state index is 11.0. The average Bonchev–Trinajstić information content (AvgIpc) is 2.78. The Morgan fingerprint density at radius 2 is 2.24 bits per heavy atom. The largest absolute Gasteiger partial charge is 0.477 e. The first-order chi connectivity index (χ1) is 8.21. The molecule has 0 aromatic carbocycles. The number of nitrogens with zero attached hydrogens (tertiary/aromatic N) is 2. The van der Waals surface area contributed by atoms with Gasteiger partial charge in [0.05, 0.1) is 4.75 Å². The summed E-state index contributed by atoms with van der Waals surface area (Å²) in [4.78, 5) is 17.5. The van der Waals surface area contributed by atoms with Gasteiger partial charge in [0, 0.05) is 12.7 Å². The molecule has 1 saturated carbocycles. The first-order valence-corrected chi connectivity index (χ1v) is 6.73. The van der Waals surface area contributed by atoms with Crippen LogP contribution in [0.15, 0.2) is 28.4 Å². The summed E-state index contributed by atoms with van der Waals surface area (Å²) in [7, 11) is 0. The molecule has 17 heavy (non-hydrogen) atoms. The van der Waals surface area contributed by atoms with Crippen molar-refractivity contribution in [3.05, 3.63) is 23.4 Å². The molecule has 0 aromatic rings. The third-order valence-electron chi connectivity index (χ3n) is 3.55. The lowest BCUT2D eigenvalue weighted by atomic mass is 10.0. The Morgan fingerprint density at radius 3 is 2.94 bits per heavy atom. The second-order valence-corrected chi connectivity index (χ2v) is 5.88. The van der Waals surface area contributed by atoms with Crippen LogP contribution in [0.4, 0.5) is 0 Å². The van der Waals surface area contributed by atoms with Crippen LogP contribution in [-0.4, -0.2) is 33.1 Å². The van der Waals surface area contributed by atoms with Gasteiger partial charge in [-0.15, -0.1) is 11.8 Å². The summed E-state index contributed by atoms with van der Waals surface area (Å²) in [5.41, 5.74) is 0.193. The van der Waals surface area contributed by atoms with Gasteiger partial charge >= 0.3 is 5.97 Å². The quantitative estimate of drug-likeness (QED) is 0.775. The zero-order chi connectivity index (χ0) is 11.9. The van der Waals surface area contributed by atoms with Crippen LogP contribution in [0.2, 0.25) is 0 Å². The lowest BCUT2D eigenvalue weighted by molar-refractivity contribution is -0.132. The van der Waals surface area contributed by atoms with E-state index in [9.17, 15) is 4.79 Å². The molecule has 1 N–H and O–H groups in total. The number of thioether (sulfide) groups is 1. The normalized spacial score (nSPS) is 25.5. The predicted molar refractivity (Wildman–Crippen MR) is 67.8 cm³/mol. The number of carboxylic acid groups (broad SMARTS) is 1. The Balaban J connectivity index is 2.01. The van der Waals surface area contributed by atoms with Crippen LogP contribution in [0.3, 0.4) is 0 Å². The van der Waals surface area contributed by atoms with Crippen LogP contribution < -0.4 is 0 Å². The maximum absolute atomic E-state index is 11.0. The summed E-state index contributed by atoms with van der Waals surface area (Å²) in [6, 6.07) is 0. The fourth-order valence-corrected chi connectivity index (χ4v) is 3.96. The smallest absolute Gasteiger partial charge is 0.354 e. The summed E-state index contributed by atoms with van der Waals surface area (Å²) in [5.74, 6) is 0.0206. The molecule has 0 radical (unpaired) electrons. The summed E-state index contributed by atoms with van der Waals surface area (Å²) in [5, 5.41) is 11.2. The molecule has 1 aliphatic carbocycles. The second-order valence-electron chi connectivity index (χ2n) is 4.59. The molecule has 0 saturated heterocycles. The summed E-state index contributed by atoms with van der Waals surface area (Å²) >= 11 is 1.80. The minimum absolute atomic E-state index is 0.0315. The molecule has 0 bridgehead atoms. The van der Waals surface area contributed by atoms with Gasteiger partial charge in [-0.25, -0.2) is 9.79 Å². The van der Waals surface area contributed by atoms with E-state index in [4.69, 9.17) is 5.11 Å². The van der Waals surface area contributed by atoms with Gasteiger partial charge in [0.1, 0.15) is 11.5 Å². The highest BCUT2D eigenvalue weighted by Crippen LogP contribution is 2.47. The van der Waals surface area contributed by atoms with E-state index in [2.05, 4.69) is 15.3 Å². The number of aliphatic carboxylic acids is 1. The average molecular weight is 250 g/mol. The highest BCUT2D eigenvalue weighted by Gasteiger charge is 2.44. The monoisotopic (exact) mass is 250 g/mol. The number of carboxylic acids is 1. The van der Waals surface area contributed by atoms with Crippen molar-refractivity contribution in [1.82, 2.24) is 4.90 Å². The molecule has 4 nitrogen and oxygen atoms in total. The van der Waals surface area contributed by atoms with E-state index in [1.54, 1.807) is 17.8 Å². The van der Waals surface area contributed by atoms with Crippen molar-refractivity contribution >= 4 is 23.6 Å². The van der Waals surface area contributed by atoms with Gasteiger partial charge < -0.3 is 10.0 Å². The lowest BCUT2D eigenvalue weighted by Gasteiger charge is -2.39. The Hall–Kier alpha value is -1.23. The van der Waals surface area contributed by atoms with E-state index in [-0.39, 0.29) is 10.4 Å². The summed E-state index contributed by atoms with van der Waals surface area (Å²) < 4.78 is 0.0315. The van der Waals surface area contributed by atoms with Crippen LogP contribution in [0, 0.1) is 0 Å². The van der Waals surface area contributed by atoms with Gasteiger partial charge in [-0.1, -0.05) is 12.8 Å². The van der Waals surface area contributed by atoms with Crippen molar-refractivity contribution in [2.45, 2.75) is 30.4 Å². The molecule has 3 aliphatic rings. The van der Waals surface area contributed by atoms with E-state index in [0.29, 0.717) is 6.54 Å². The lowest BCUT2D eigenvalue weighted by Crippen LogP contribution is -2.46. The van der Waals surface area contributed by atoms with E-state index >= 15 is 0 Å². The minimum Gasteiger partial charge on any atom is -0.477 e. The van der Waals surface area contributed by atoms with Gasteiger partial charge in [-0.2, -0.15) is 0 Å². The van der Waals surface area contributed by atoms with E-state index < -0.39 is 5.97 Å². The molecular formula is C12H14N2O2S. The summed E-state index contributed by atoms with van der Waals surface area (Å²) in [6.45, 7) is 0.624. The first kappa shape index (κ1) is 10.9. The highest BCUT2D eigenvalue weighted by molar-refractivity contribution is 8.04. The fourth-order valence-electron chi connectivity index (χ4n) is 2.70. The standard InChI is InChI=1S/C12H14N2O2S/c15-10(16)9-3-6-14-7-8-17-12(11(14)13-9)4-1-2-5-12/h3,7-8H,1-2,4-6H2,(H,15,16). The van der Waals surface area contributed by atoms with E-state index in [1.807, 2.05) is 6.20 Å². The van der Waals surface area contributed by atoms with Crippen molar-refractivity contribution in [1.29, 1.82) is 0 Å². The Labute approximate surface area is 104 Å². The molecule has 2 heterocycles. The fraction of sp³-hybridized carbons (Fsp3) is 0.500. The molecule has 1 fully saturated rings. The van der Waals surface area contributed by atoms with E-state index in [0.717, 1.165) is 18.7 Å². The molecule has 0 amide bonds. The number of amidine groups is 1. The van der Waals surface area contributed by atoms with Crippen LogP contribution in [0.5, 0.6) is 0 Å². The van der Waals surface area contributed by atoms with Gasteiger partial charge in [0.2, 0.25) is 0 Å². The predicted octanol–water partition coefficient (Wildman–Crippen LogP) is 2.20. The highest BCUT2D eigenvalue weighted by atomic mass is 32.2. The van der Waals surface area contributed by atoms with Gasteiger partial charge in [0.15, 0.2) is 0 Å². The van der Waals surface area contributed by atoms with Crippen LogP contribution in [-0.2, 0) is 4.79 Å². The maximum Gasteiger partial charge on any atom is 0.354 e. The Kier molecular flexibility index (Phi) is 2.50. The van der Waals surface area contributed by atoms with Crippen LogP contribution in [0.25, 0.3) is 0 Å². The zero-order valence-electron chi connectivity index (χ0n) is 9.43. The zero-order valence-corrected chi connectivity index (χ0v) is 10.2. The third-order valence-corrected chi connectivity index (χ3v) is 4.85. The second kappa shape index (κ2) is 3.91.